The second-order valence-corrected chi connectivity index (χ2v) is 9.20. The first kappa shape index (κ1) is 24.6. The van der Waals surface area contributed by atoms with E-state index >= 15 is 0 Å². The molecule has 3 aromatic carbocycles. The fraction of sp³-hybridized carbons (Fsp3) is 0.310. The van der Waals surface area contributed by atoms with Gasteiger partial charge in [-0.3, -0.25) is 19.4 Å². The molecule has 8 nitrogen and oxygen atoms in total. The van der Waals surface area contributed by atoms with E-state index in [9.17, 15) is 9.59 Å². The third kappa shape index (κ3) is 4.84. The van der Waals surface area contributed by atoms with Gasteiger partial charge in [-0.25, -0.2) is 0 Å². The van der Waals surface area contributed by atoms with Crippen molar-refractivity contribution in [3.05, 3.63) is 82.9 Å². The maximum absolute atomic E-state index is 13.4. The molecule has 37 heavy (non-hydrogen) atoms. The molecule has 0 bridgehead atoms. The first-order valence-electron chi connectivity index (χ1n) is 12.3. The van der Waals surface area contributed by atoms with Crippen molar-refractivity contribution in [2.24, 2.45) is 0 Å². The van der Waals surface area contributed by atoms with Gasteiger partial charge in [0.1, 0.15) is 5.75 Å². The first-order valence-corrected chi connectivity index (χ1v) is 12.3. The molecule has 1 saturated heterocycles. The standard InChI is InChI=1S/C29H31N3O5/c1-35-22-10-7-20(8-11-22)19-32-28(33)23-5-4-6-24(27(23)29(32)34)31-15-13-30(14-16-31)18-21-9-12-25(36-2)26(17-21)37-3/h4-12,17H,13-16,18-19H2,1-3H3. The number of imide groups is 1. The number of piperazine rings is 1. The molecular formula is C29H31N3O5. The largest absolute Gasteiger partial charge is 0.497 e. The molecule has 2 aliphatic rings. The van der Waals surface area contributed by atoms with Gasteiger partial charge in [0.15, 0.2) is 11.5 Å². The number of benzene rings is 3. The molecule has 1 fully saturated rings. The topological polar surface area (TPSA) is 71.6 Å². The quantitative estimate of drug-likeness (QED) is 0.435. The van der Waals surface area contributed by atoms with Crippen LogP contribution in [0.25, 0.3) is 0 Å². The van der Waals surface area contributed by atoms with Gasteiger partial charge in [0, 0.05) is 32.7 Å². The van der Waals surface area contributed by atoms with Gasteiger partial charge in [0.05, 0.1) is 44.7 Å². The van der Waals surface area contributed by atoms with E-state index in [4.69, 9.17) is 14.2 Å². The van der Waals surface area contributed by atoms with Crippen LogP contribution < -0.4 is 19.1 Å². The Morgan fingerprint density at radius 3 is 2.08 bits per heavy atom. The van der Waals surface area contributed by atoms with Crippen LogP contribution in [0.1, 0.15) is 31.8 Å². The molecular weight excluding hydrogens is 470 g/mol. The second kappa shape index (κ2) is 10.5. The molecule has 5 rings (SSSR count). The van der Waals surface area contributed by atoms with Crippen LogP contribution in [-0.4, -0.2) is 69.1 Å². The van der Waals surface area contributed by atoms with Gasteiger partial charge in [-0.05, 0) is 47.5 Å². The van der Waals surface area contributed by atoms with Crippen molar-refractivity contribution >= 4 is 17.5 Å². The number of hydrogen-bond acceptors (Lipinski definition) is 7. The van der Waals surface area contributed by atoms with Crippen LogP contribution in [0.15, 0.2) is 60.7 Å². The number of hydrogen-bond donors (Lipinski definition) is 0. The van der Waals surface area contributed by atoms with E-state index in [0.717, 1.165) is 61.0 Å². The van der Waals surface area contributed by atoms with Gasteiger partial charge >= 0.3 is 0 Å². The van der Waals surface area contributed by atoms with Crippen molar-refractivity contribution in [1.82, 2.24) is 9.80 Å². The predicted molar refractivity (Wildman–Crippen MR) is 141 cm³/mol. The van der Waals surface area contributed by atoms with Gasteiger partial charge in [-0.2, -0.15) is 0 Å². The number of nitrogens with zero attached hydrogens (tertiary/aromatic N) is 3. The maximum Gasteiger partial charge on any atom is 0.263 e. The van der Waals surface area contributed by atoms with Crippen LogP contribution in [0, 0.1) is 0 Å². The Hall–Kier alpha value is -4.04. The van der Waals surface area contributed by atoms with Crippen LogP contribution in [0.5, 0.6) is 17.2 Å². The molecule has 0 N–H and O–H groups in total. The Balaban J connectivity index is 1.27. The molecule has 2 heterocycles. The molecule has 0 aliphatic carbocycles. The molecule has 0 aromatic heterocycles. The Kier molecular flexibility index (Phi) is 7.01. The molecule has 0 unspecified atom stereocenters. The summed E-state index contributed by atoms with van der Waals surface area (Å²) in [7, 11) is 4.88. The van der Waals surface area contributed by atoms with Crippen LogP contribution in [0.2, 0.25) is 0 Å². The number of ether oxygens (including phenoxy) is 3. The van der Waals surface area contributed by atoms with E-state index in [1.807, 2.05) is 48.5 Å². The lowest BCUT2D eigenvalue weighted by Crippen LogP contribution is -2.46. The number of fused-ring (bicyclic) bond motifs is 1. The van der Waals surface area contributed by atoms with Gasteiger partial charge in [-0.15, -0.1) is 0 Å². The normalized spacial score (nSPS) is 15.6. The summed E-state index contributed by atoms with van der Waals surface area (Å²) in [5.74, 6) is 1.69. The smallest absolute Gasteiger partial charge is 0.263 e. The van der Waals surface area contributed by atoms with E-state index in [2.05, 4.69) is 15.9 Å². The lowest BCUT2D eigenvalue weighted by molar-refractivity contribution is 0.0642. The van der Waals surface area contributed by atoms with Crippen LogP contribution in [0.4, 0.5) is 5.69 Å². The summed E-state index contributed by atoms with van der Waals surface area (Å²) in [6.45, 7) is 4.25. The minimum atomic E-state index is -0.246. The van der Waals surface area contributed by atoms with E-state index in [0.29, 0.717) is 16.9 Å². The zero-order valence-corrected chi connectivity index (χ0v) is 21.4. The van der Waals surface area contributed by atoms with Crippen LogP contribution in [0.3, 0.4) is 0 Å². The maximum atomic E-state index is 13.4. The molecule has 3 aromatic rings. The van der Waals surface area contributed by atoms with Crippen molar-refractivity contribution in [2.75, 3.05) is 52.4 Å². The zero-order valence-electron chi connectivity index (χ0n) is 21.4. The fourth-order valence-corrected chi connectivity index (χ4v) is 5.02. The van der Waals surface area contributed by atoms with Crippen LogP contribution in [-0.2, 0) is 13.1 Å². The summed E-state index contributed by atoms with van der Waals surface area (Å²) in [5, 5.41) is 0. The highest BCUT2D eigenvalue weighted by Crippen LogP contribution is 2.34. The predicted octanol–water partition coefficient (Wildman–Crippen LogP) is 3.83. The minimum absolute atomic E-state index is 0.231. The summed E-state index contributed by atoms with van der Waals surface area (Å²) >= 11 is 0. The van der Waals surface area contributed by atoms with Crippen LogP contribution >= 0.6 is 0 Å². The lowest BCUT2D eigenvalue weighted by Gasteiger charge is -2.36. The number of methoxy groups -OCH3 is 3. The van der Waals surface area contributed by atoms with E-state index in [1.54, 1.807) is 27.4 Å². The Morgan fingerprint density at radius 1 is 0.703 bits per heavy atom. The Bertz CT molecular complexity index is 1300. The van der Waals surface area contributed by atoms with E-state index < -0.39 is 0 Å². The summed E-state index contributed by atoms with van der Waals surface area (Å²) in [6, 6.07) is 19.0. The van der Waals surface area contributed by atoms with E-state index in [1.165, 1.54) is 4.90 Å². The molecule has 0 spiro atoms. The van der Waals surface area contributed by atoms with Gasteiger partial charge in [0.25, 0.3) is 11.8 Å². The molecule has 8 heteroatoms. The fourth-order valence-electron chi connectivity index (χ4n) is 5.02. The van der Waals surface area contributed by atoms with Crippen molar-refractivity contribution < 1.29 is 23.8 Å². The highest BCUT2D eigenvalue weighted by molar-refractivity contribution is 6.23. The number of carbonyl (C=O) groups is 2. The van der Waals surface area contributed by atoms with E-state index in [-0.39, 0.29) is 18.4 Å². The molecule has 0 saturated carbocycles. The molecule has 192 valence electrons. The SMILES string of the molecule is COc1ccc(CN2C(=O)c3cccc(N4CCN(Cc5ccc(OC)c(OC)c5)CC4)c3C2=O)cc1. The molecule has 0 radical (unpaired) electrons. The van der Waals surface area contributed by atoms with Crippen molar-refractivity contribution in [2.45, 2.75) is 13.1 Å². The number of anilines is 1. The molecule has 0 atom stereocenters. The van der Waals surface area contributed by atoms with Gasteiger partial charge < -0.3 is 19.1 Å². The minimum Gasteiger partial charge on any atom is -0.497 e. The third-order valence-corrected chi connectivity index (χ3v) is 7.04. The van der Waals surface area contributed by atoms with Crippen molar-refractivity contribution in [3.8, 4) is 17.2 Å². The number of rotatable bonds is 8. The molecule has 2 aliphatic heterocycles. The van der Waals surface area contributed by atoms with Crippen molar-refractivity contribution in [3.63, 3.8) is 0 Å². The lowest BCUT2D eigenvalue weighted by atomic mass is 10.1. The number of amides is 2. The summed E-state index contributed by atoms with van der Waals surface area (Å²) in [4.78, 5) is 32.5. The summed E-state index contributed by atoms with van der Waals surface area (Å²) < 4.78 is 16.0. The van der Waals surface area contributed by atoms with Gasteiger partial charge in [-0.1, -0.05) is 24.3 Å². The summed E-state index contributed by atoms with van der Waals surface area (Å²) in [5.41, 5.74) is 3.85. The highest BCUT2D eigenvalue weighted by atomic mass is 16.5. The zero-order chi connectivity index (χ0) is 25.9. The Morgan fingerprint density at radius 2 is 1.41 bits per heavy atom. The highest BCUT2D eigenvalue weighted by Gasteiger charge is 2.38. The second-order valence-electron chi connectivity index (χ2n) is 9.20. The average molecular weight is 502 g/mol. The monoisotopic (exact) mass is 501 g/mol. The summed E-state index contributed by atoms with van der Waals surface area (Å²) in [6.07, 6.45) is 0. The Labute approximate surface area is 216 Å². The average Bonchev–Trinajstić information content (AvgIpc) is 3.18. The van der Waals surface area contributed by atoms with Crippen molar-refractivity contribution in [1.29, 1.82) is 0 Å². The van der Waals surface area contributed by atoms with Gasteiger partial charge in [0.2, 0.25) is 0 Å². The molecule has 2 amide bonds. The third-order valence-electron chi connectivity index (χ3n) is 7.04. The number of carbonyl (C=O) groups excluding carboxylic acids is 2. The first-order chi connectivity index (χ1) is 18.0.